The van der Waals surface area contributed by atoms with E-state index in [0.717, 1.165) is 24.9 Å². The van der Waals surface area contributed by atoms with Crippen LogP contribution in [0.3, 0.4) is 0 Å². The van der Waals surface area contributed by atoms with Crippen molar-refractivity contribution in [2.24, 2.45) is 0 Å². The van der Waals surface area contributed by atoms with E-state index in [4.69, 9.17) is 9.47 Å². The first kappa shape index (κ1) is 16.4. The average molecular weight is 319 g/mol. The SMILES string of the molecule is CN(C)CC(=O)N1CC[C@]2(C[C@H](OCc3cccnc3)CO2)C1. The number of amides is 1. The van der Waals surface area contributed by atoms with Gasteiger partial charge in [0.05, 0.1) is 31.5 Å². The Morgan fingerprint density at radius 2 is 2.43 bits per heavy atom. The van der Waals surface area contributed by atoms with E-state index in [2.05, 4.69) is 4.98 Å². The lowest BCUT2D eigenvalue weighted by Gasteiger charge is -2.24. The number of likely N-dealkylation sites (tertiary alicyclic amines) is 1. The van der Waals surface area contributed by atoms with Crippen LogP contribution >= 0.6 is 0 Å². The molecule has 0 unspecified atom stereocenters. The predicted molar refractivity (Wildman–Crippen MR) is 85.9 cm³/mol. The van der Waals surface area contributed by atoms with Gasteiger partial charge in [-0.1, -0.05) is 6.07 Å². The average Bonchev–Trinajstić information content (AvgIpc) is 3.13. The molecule has 6 nitrogen and oxygen atoms in total. The first-order valence-corrected chi connectivity index (χ1v) is 8.13. The molecular formula is C17H25N3O3. The van der Waals surface area contributed by atoms with Gasteiger partial charge in [0.25, 0.3) is 0 Å². The summed E-state index contributed by atoms with van der Waals surface area (Å²) >= 11 is 0. The van der Waals surface area contributed by atoms with Crippen LogP contribution in [-0.2, 0) is 20.9 Å². The fraction of sp³-hybridized carbons (Fsp3) is 0.647. The van der Waals surface area contributed by atoms with Crippen LogP contribution in [0.4, 0.5) is 0 Å². The molecule has 1 aromatic rings. The molecule has 1 aromatic heterocycles. The number of rotatable bonds is 5. The number of ether oxygens (including phenoxy) is 2. The largest absolute Gasteiger partial charge is 0.371 e. The van der Waals surface area contributed by atoms with Gasteiger partial charge in [-0.15, -0.1) is 0 Å². The van der Waals surface area contributed by atoms with Crippen LogP contribution in [0.2, 0.25) is 0 Å². The van der Waals surface area contributed by atoms with Crippen molar-refractivity contribution in [1.82, 2.24) is 14.8 Å². The lowest BCUT2D eigenvalue weighted by atomic mass is 9.98. The molecular weight excluding hydrogens is 294 g/mol. The van der Waals surface area contributed by atoms with Crippen LogP contribution in [-0.4, -0.2) is 72.7 Å². The summed E-state index contributed by atoms with van der Waals surface area (Å²) in [6.07, 6.45) is 5.44. The molecule has 6 heteroatoms. The van der Waals surface area contributed by atoms with Gasteiger partial charge < -0.3 is 19.3 Å². The number of hydrogen-bond donors (Lipinski definition) is 0. The van der Waals surface area contributed by atoms with Crippen molar-refractivity contribution in [1.29, 1.82) is 0 Å². The van der Waals surface area contributed by atoms with Gasteiger partial charge in [-0.05, 0) is 32.1 Å². The molecule has 0 aliphatic carbocycles. The molecule has 0 bridgehead atoms. The predicted octanol–water partition coefficient (Wildman–Crippen LogP) is 0.920. The molecule has 0 N–H and O–H groups in total. The molecule has 2 fully saturated rings. The Morgan fingerprint density at radius 1 is 1.57 bits per heavy atom. The molecule has 0 radical (unpaired) electrons. The van der Waals surface area contributed by atoms with Crippen LogP contribution < -0.4 is 0 Å². The lowest BCUT2D eigenvalue weighted by molar-refractivity contribution is -0.131. The monoisotopic (exact) mass is 319 g/mol. The Morgan fingerprint density at radius 3 is 3.17 bits per heavy atom. The highest BCUT2D eigenvalue weighted by Crippen LogP contribution is 2.36. The Kier molecular flexibility index (Phi) is 4.94. The number of aromatic nitrogens is 1. The molecule has 2 aliphatic heterocycles. The van der Waals surface area contributed by atoms with Crippen LogP contribution in [0, 0.1) is 0 Å². The summed E-state index contributed by atoms with van der Waals surface area (Å²) in [5.41, 5.74) is 0.865. The van der Waals surface area contributed by atoms with Crippen LogP contribution in [0.5, 0.6) is 0 Å². The molecule has 0 saturated carbocycles. The lowest BCUT2D eigenvalue weighted by Crippen LogP contribution is -2.39. The number of carbonyl (C=O) groups excluding carboxylic acids is 1. The summed E-state index contributed by atoms with van der Waals surface area (Å²) in [7, 11) is 3.83. The Hall–Kier alpha value is -1.50. The third-order valence-corrected chi connectivity index (χ3v) is 4.50. The van der Waals surface area contributed by atoms with E-state index in [1.54, 1.807) is 6.20 Å². The maximum absolute atomic E-state index is 12.2. The van der Waals surface area contributed by atoms with Gasteiger partial charge in [0, 0.05) is 31.9 Å². The number of likely N-dealkylation sites (N-methyl/N-ethyl adjacent to an activating group) is 1. The normalized spacial score (nSPS) is 27.3. The van der Waals surface area contributed by atoms with Crippen molar-refractivity contribution in [2.45, 2.75) is 31.2 Å². The van der Waals surface area contributed by atoms with Gasteiger partial charge in [0.1, 0.15) is 0 Å². The molecule has 3 rings (SSSR count). The molecule has 0 aromatic carbocycles. The summed E-state index contributed by atoms with van der Waals surface area (Å²) in [5, 5.41) is 0. The summed E-state index contributed by atoms with van der Waals surface area (Å²) in [4.78, 5) is 20.1. The zero-order valence-corrected chi connectivity index (χ0v) is 13.9. The van der Waals surface area contributed by atoms with E-state index in [0.29, 0.717) is 26.3 Å². The van der Waals surface area contributed by atoms with Crippen LogP contribution in [0.25, 0.3) is 0 Å². The van der Waals surface area contributed by atoms with Gasteiger partial charge >= 0.3 is 0 Å². The second-order valence-electron chi connectivity index (χ2n) is 6.80. The minimum Gasteiger partial charge on any atom is -0.371 e. The number of pyridine rings is 1. The van der Waals surface area contributed by atoms with Crippen molar-refractivity contribution in [2.75, 3.05) is 40.3 Å². The van der Waals surface area contributed by atoms with Crippen molar-refractivity contribution in [3.8, 4) is 0 Å². The molecule has 1 spiro atoms. The standard InChI is InChI=1S/C17H25N3O3/c1-19(2)10-16(21)20-7-5-17(13-20)8-15(12-23-17)22-11-14-4-3-6-18-9-14/h3-4,6,9,15H,5,7-8,10-13H2,1-2H3/t15-,17-/m0/s1. The first-order chi connectivity index (χ1) is 11.1. The Labute approximate surface area is 137 Å². The van der Waals surface area contributed by atoms with E-state index in [-0.39, 0.29) is 17.6 Å². The van der Waals surface area contributed by atoms with E-state index in [1.165, 1.54) is 0 Å². The van der Waals surface area contributed by atoms with Crippen LogP contribution in [0.1, 0.15) is 18.4 Å². The number of hydrogen-bond acceptors (Lipinski definition) is 5. The fourth-order valence-electron chi connectivity index (χ4n) is 3.32. The maximum Gasteiger partial charge on any atom is 0.236 e. The van der Waals surface area contributed by atoms with Crippen molar-refractivity contribution in [3.63, 3.8) is 0 Å². The highest BCUT2D eigenvalue weighted by molar-refractivity contribution is 5.78. The van der Waals surface area contributed by atoms with Gasteiger partial charge in [0.15, 0.2) is 0 Å². The minimum absolute atomic E-state index is 0.0964. The quantitative estimate of drug-likeness (QED) is 0.808. The summed E-state index contributed by atoms with van der Waals surface area (Å²) < 4.78 is 12.0. The van der Waals surface area contributed by atoms with Gasteiger partial charge in [-0.25, -0.2) is 0 Å². The molecule has 1 amide bonds. The van der Waals surface area contributed by atoms with Gasteiger partial charge in [-0.3, -0.25) is 9.78 Å². The smallest absolute Gasteiger partial charge is 0.236 e. The van der Waals surface area contributed by atoms with E-state index >= 15 is 0 Å². The van der Waals surface area contributed by atoms with Crippen molar-refractivity contribution >= 4 is 5.91 Å². The molecule has 2 aliphatic rings. The fourth-order valence-corrected chi connectivity index (χ4v) is 3.32. The van der Waals surface area contributed by atoms with Crippen molar-refractivity contribution in [3.05, 3.63) is 30.1 Å². The molecule has 2 saturated heterocycles. The molecule has 23 heavy (non-hydrogen) atoms. The maximum atomic E-state index is 12.2. The van der Waals surface area contributed by atoms with Crippen LogP contribution in [0.15, 0.2) is 24.5 Å². The number of carbonyl (C=O) groups is 1. The minimum atomic E-state index is -0.207. The molecule has 2 atom stereocenters. The van der Waals surface area contributed by atoms with Gasteiger partial charge in [0.2, 0.25) is 5.91 Å². The third kappa shape index (κ3) is 4.07. The second kappa shape index (κ2) is 6.95. The highest BCUT2D eigenvalue weighted by atomic mass is 16.6. The Bertz CT molecular complexity index is 537. The zero-order chi connectivity index (χ0) is 16.3. The second-order valence-corrected chi connectivity index (χ2v) is 6.80. The first-order valence-electron chi connectivity index (χ1n) is 8.13. The topological polar surface area (TPSA) is 54.9 Å². The third-order valence-electron chi connectivity index (χ3n) is 4.50. The molecule has 3 heterocycles. The summed E-state index contributed by atoms with van der Waals surface area (Å²) in [6.45, 7) is 3.09. The Balaban J connectivity index is 1.48. The zero-order valence-electron chi connectivity index (χ0n) is 13.9. The van der Waals surface area contributed by atoms with Gasteiger partial charge in [-0.2, -0.15) is 0 Å². The summed E-state index contributed by atoms with van der Waals surface area (Å²) in [5.74, 6) is 0.176. The van der Waals surface area contributed by atoms with Crippen molar-refractivity contribution < 1.29 is 14.3 Å². The van der Waals surface area contributed by atoms with E-state index in [9.17, 15) is 4.79 Å². The van der Waals surface area contributed by atoms with E-state index < -0.39 is 0 Å². The highest BCUT2D eigenvalue weighted by Gasteiger charge is 2.47. The molecule has 126 valence electrons. The number of nitrogens with zero attached hydrogens (tertiary/aromatic N) is 3. The van der Waals surface area contributed by atoms with E-state index in [1.807, 2.05) is 42.2 Å². The summed E-state index contributed by atoms with van der Waals surface area (Å²) in [6, 6.07) is 3.92.